The summed E-state index contributed by atoms with van der Waals surface area (Å²) in [6.45, 7) is 1.89. The maximum Gasteiger partial charge on any atom is 0.336 e. The summed E-state index contributed by atoms with van der Waals surface area (Å²) >= 11 is 0. The van der Waals surface area contributed by atoms with E-state index >= 15 is 0 Å². The van der Waals surface area contributed by atoms with Crippen LogP contribution in [0, 0.1) is 11.3 Å². The van der Waals surface area contributed by atoms with Gasteiger partial charge in [-0.25, -0.2) is 9.59 Å². The molecule has 0 fully saturated rings. The van der Waals surface area contributed by atoms with Crippen molar-refractivity contribution < 1.29 is 9.15 Å². The van der Waals surface area contributed by atoms with Crippen molar-refractivity contribution in [3.05, 3.63) is 72.8 Å². The molecule has 0 spiro atoms. The largest absolute Gasteiger partial charge is 0.497 e. The number of fused-ring (bicyclic) bond motifs is 1. The summed E-state index contributed by atoms with van der Waals surface area (Å²) in [5.41, 5.74) is -1.27. The summed E-state index contributed by atoms with van der Waals surface area (Å²) in [7, 11) is 1.49. The van der Waals surface area contributed by atoms with Gasteiger partial charge in [0.15, 0.2) is 0 Å². The first-order chi connectivity index (χ1) is 12.5. The first kappa shape index (κ1) is 17.2. The highest BCUT2D eigenvalue weighted by molar-refractivity contribution is 5.81. The number of rotatable bonds is 4. The molecule has 2 aromatic heterocycles. The molecule has 3 aromatic rings. The molecule has 3 rings (SSSR count). The molecule has 0 aliphatic heterocycles. The van der Waals surface area contributed by atoms with E-state index in [2.05, 4.69) is 0 Å². The van der Waals surface area contributed by atoms with Gasteiger partial charge in [-0.15, -0.1) is 0 Å². The molecule has 0 saturated heterocycles. The highest BCUT2D eigenvalue weighted by atomic mass is 16.5. The molecule has 26 heavy (non-hydrogen) atoms. The predicted octanol–water partition coefficient (Wildman–Crippen LogP) is 1.06. The highest BCUT2D eigenvalue weighted by Crippen LogP contribution is 2.22. The van der Waals surface area contributed by atoms with Crippen LogP contribution in [0.25, 0.3) is 11.0 Å². The van der Waals surface area contributed by atoms with E-state index in [-0.39, 0.29) is 17.7 Å². The molecular formula is C18H15N3O5. The Morgan fingerprint density at radius 1 is 1.23 bits per heavy atom. The highest BCUT2D eigenvalue weighted by Gasteiger charge is 2.14. The monoisotopic (exact) mass is 353 g/mol. The van der Waals surface area contributed by atoms with Crippen LogP contribution in [-0.2, 0) is 13.1 Å². The molecule has 1 aromatic carbocycles. The fourth-order valence-corrected chi connectivity index (χ4v) is 2.73. The normalized spacial score (nSPS) is 10.7. The van der Waals surface area contributed by atoms with Crippen molar-refractivity contribution in [3.8, 4) is 11.8 Å². The molecule has 0 bridgehead atoms. The Bertz CT molecular complexity index is 1210. The van der Waals surface area contributed by atoms with Crippen LogP contribution in [0.1, 0.15) is 18.1 Å². The zero-order valence-corrected chi connectivity index (χ0v) is 14.2. The molecule has 0 saturated carbocycles. The van der Waals surface area contributed by atoms with Gasteiger partial charge in [0, 0.05) is 30.3 Å². The van der Waals surface area contributed by atoms with Crippen LogP contribution in [0.15, 0.2) is 49.3 Å². The van der Waals surface area contributed by atoms with E-state index in [9.17, 15) is 14.4 Å². The van der Waals surface area contributed by atoms with Crippen LogP contribution < -0.4 is 21.6 Å². The van der Waals surface area contributed by atoms with Crippen LogP contribution in [0.2, 0.25) is 0 Å². The number of aromatic nitrogens is 2. The van der Waals surface area contributed by atoms with Gasteiger partial charge in [-0.2, -0.15) is 5.26 Å². The number of hydrogen-bond donors (Lipinski definition) is 0. The molecule has 2 heterocycles. The van der Waals surface area contributed by atoms with E-state index < -0.39 is 16.9 Å². The molecular weight excluding hydrogens is 338 g/mol. The average Bonchev–Trinajstić information content (AvgIpc) is 2.64. The summed E-state index contributed by atoms with van der Waals surface area (Å²) in [6, 6.07) is 7.95. The van der Waals surface area contributed by atoms with Gasteiger partial charge in [0.2, 0.25) is 0 Å². The van der Waals surface area contributed by atoms with Crippen molar-refractivity contribution in [1.29, 1.82) is 5.26 Å². The molecule has 0 aliphatic rings. The van der Waals surface area contributed by atoms with Crippen molar-refractivity contribution in [2.45, 2.75) is 20.0 Å². The summed E-state index contributed by atoms with van der Waals surface area (Å²) in [4.78, 5) is 36.8. The average molecular weight is 353 g/mol. The zero-order chi connectivity index (χ0) is 18.8. The summed E-state index contributed by atoms with van der Waals surface area (Å²) in [6.07, 6.45) is 1.24. The van der Waals surface area contributed by atoms with E-state index in [1.165, 1.54) is 23.9 Å². The second-order valence-electron chi connectivity index (χ2n) is 5.57. The van der Waals surface area contributed by atoms with E-state index in [1.54, 1.807) is 31.2 Å². The van der Waals surface area contributed by atoms with Crippen molar-refractivity contribution in [1.82, 2.24) is 9.13 Å². The number of aryl methyl sites for hydroxylation is 1. The minimum absolute atomic E-state index is 0.139. The molecule has 8 nitrogen and oxygen atoms in total. The van der Waals surface area contributed by atoms with Crippen LogP contribution in [0.5, 0.6) is 5.75 Å². The van der Waals surface area contributed by atoms with Gasteiger partial charge >= 0.3 is 11.3 Å². The van der Waals surface area contributed by atoms with Gasteiger partial charge in [-0.1, -0.05) is 0 Å². The van der Waals surface area contributed by atoms with Crippen LogP contribution in [0.3, 0.4) is 0 Å². The lowest BCUT2D eigenvalue weighted by atomic mass is 10.1. The lowest BCUT2D eigenvalue weighted by molar-refractivity contribution is 0.414. The Morgan fingerprint density at radius 3 is 2.65 bits per heavy atom. The van der Waals surface area contributed by atoms with Gasteiger partial charge < -0.3 is 9.15 Å². The Kier molecular flexibility index (Phi) is 4.45. The number of methoxy groups -OCH3 is 1. The number of nitriles is 1. The molecule has 0 atom stereocenters. The molecule has 0 aliphatic carbocycles. The third-order valence-corrected chi connectivity index (χ3v) is 4.06. The Morgan fingerprint density at radius 2 is 2.00 bits per heavy atom. The van der Waals surface area contributed by atoms with E-state index in [0.29, 0.717) is 23.2 Å². The second-order valence-corrected chi connectivity index (χ2v) is 5.57. The summed E-state index contributed by atoms with van der Waals surface area (Å²) in [5.74, 6) is 0.509. The maximum atomic E-state index is 12.5. The van der Waals surface area contributed by atoms with E-state index in [4.69, 9.17) is 14.4 Å². The van der Waals surface area contributed by atoms with Gasteiger partial charge in [-0.05, 0) is 24.6 Å². The van der Waals surface area contributed by atoms with Crippen molar-refractivity contribution >= 4 is 11.0 Å². The standard InChI is InChI=1S/C18H15N3O5/c1-3-20-9-12(8-19)17(23)21(18(20)24)10-11-6-16(22)26-15-7-13(25-2)4-5-14(11)15/h4-7,9H,3,10H2,1-2H3. The first-order valence-corrected chi connectivity index (χ1v) is 7.83. The number of hydrogen-bond acceptors (Lipinski definition) is 6. The SMILES string of the molecule is CCn1cc(C#N)c(=O)n(Cc2cc(=O)oc3cc(OC)ccc23)c1=O. The minimum atomic E-state index is -0.697. The number of benzene rings is 1. The lowest BCUT2D eigenvalue weighted by Gasteiger charge is -2.11. The Labute approximate surface area is 147 Å². The number of ether oxygens (including phenoxy) is 1. The zero-order valence-electron chi connectivity index (χ0n) is 14.2. The summed E-state index contributed by atoms with van der Waals surface area (Å²) < 4.78 is 12.5. The molecule has 0 radical (unpaired) electrons. The molecule has 0 amide bonds. The van der Waals surface area contributed by atoms with Crippen LogP contribution in [-0.4, -0.2) is 16.2 Å². The van der Waals surface area contributed by atoms with Gasteiger partial charge in [-0.3, -0.25) is 13.9 Å². The molecule has 0 unspecified atom stereocenters. The predicted molar refractivity (Wildman–Crippen MR) is 93.5 cm³/mol. The maximum absolute atomic E-state index is 12.5. The Hall–Kier alpha value is -3.60. The Balaban J connectivity index is 2.25. The third-order valence-electron chi connectivity index (χ3n) is 4.06. The van der Waals surface area contributed by atoms with Gasteiger partial charge in [0.05, 0.1) is 13.7 Å². The smallest absolute Gasteiger partial charge is 0.336 e. The van der Waals surface area contributed by atoms with Gasteiger partial charge in [0.25, 0.3) is 5.56 Å². The lowest BCUT2D eigenvalue weighted by Crippen LogP contribution is -2.41. The van der Waals surface area contributed by atoms with Crippen LogP contribution >= 0.6 is 0 Å². The van der Waals surface area contributed by atoms with E-state index in [1.807, 2.05) is 0 Å². The van der Waals surface area contributed by atoms with Gasteiger partial charge in [0.1, 0.15) is 23.0 Å². The quantitative estimate of drug-likeness (QED) is 0.649. The van der Waals surface area contributed by atoms with Crippen molar-refractivity contribution in [2.75, 3.05) is 7.11 Å². The first-order valence-electron chi connectivity index (χ1n) is 7.83. The fourth-order valence-electron chi connectivity index (χ4n) is 2.73. The molecule has 0 N–H and O–H groups in total. The number of nitrogens with zero attached hydrogens (tertiary/aromatic N) is 3. The fraction of sp³-hybridized carbons (Fsp3) is 0.222. The summed E-state index contributed by atoms with van der Waals surface area (Å²) in [5, 5.41) is 9.71. The molecule has 132 valence electrons. The molecule has 8 heteroatoms. The minimum Gasteiger partial charge on any atom is -0.497 e. The second kappa shape index (κ2) is 6.72. The third kappa shape index (κ3) is 2.91. The van der Waals surface area contributed by atoms with Crippen LogP contribution in [0.4, 0.5) is 0 Å². The van der Waals surface area contributed by atoms with Crippen molar-refractivity contribution in [3.63, 3.8) is 0 Å². The topological polar surface area (TPSA) is 107 Å². The van der Waals surface area contributed by atoms with Crippen molar-refractivity contribution in [2.24, 2.45) is 0 Å². The van der Waals surface area contributed by atoms with E-state index in [0.717, 1.165) is 4.57 Å².